The summed E-state index contributed by atoms with van der Waals surface area (Å²) in [6, 6.07) is 7.08. The van der Waals surface area contributed by atoms with Crippen LogP contribution in [-0.4, -0.2) is 24.2 Å². The predicted molar refractivity (Wildman–Crippen MR) is 57.0 cm³/mol. The van der Waals surface area contributed by atoms with Crippen LogP contribution >= 0.6 is 0 Å². The minimum Gasteiger partial charge on any atom is -0.494 e. The molecule has 0 spiro atoms. The first kappa shape index (κ1) is 11.5. The first-order chi connectivity index (χ1) is 7.20. The van der Waals surface area contributed by atoms with Crippen molar-refractivity contribution in [2.45, 2.75) is 12.8 Å². The Hall–Kier alpha value is -1.55. The van der Waals surface area contributed by atoms with Gasteiger partial charge in [-0.05, 0) is 13.0 Å². The quantitative estimate of drug-likeness (QED) is 0.764. The summed E-state index contributed by atoms with van der Waals surface area (Å²) in [5, 5.41) is 8.98. The molecule has 0 aliphatic carbocycles. The van der Waals surface area contributed by atoms with Gasteiger partial charge in [0.05, 0.1) is 12.5 Å². The molecular formula is C11H15NO3. The summed E-state index contributed by atoms with van der Waals surface area (Å²) < 4.78 is 5.35. The van der Waals surface area contributed by atoms with Crippen molar-refractivity contribution in [3.63, 3.8) is 0 Å². The zero-order chi connectivity index (χ0) is 11.3. The van der Waals surface area contributed by atoms with E-state index in [4.69, 9.17) is 15.6 Å². The van der Waals surface area contributed by atoms with Gasteiger partial charge in [0.2, 0.25) is 0 Å². The van der Waals surface area contributed by atoms with Crippen molar-refractivity contribution in [3.8, 4) is 5.75 Å². The van der Waals surface area contributed by atoms with E-state index in [1.54, 1.807) is 18.2 Å². The first-order valence-electron chi connectivity index (χ1n) is 4.85. The summed E-state index contributed by atoms with van der Waals surface area (Å²) >= 11 is 0. The molecule has 0 aliphatic heterocycles. The Kier molecular flexibility index (Phi) is 4.12. The molecule has 0 aromatic heterocycles. The fraction of sp³-hybridized carbons (Fsp3) is 0.364. The highest BCUT2D eigenvalue weighted by atomic mass is 16.5. The maximum atomic E-state index is 11.0. The van der Waals surface area contributed by atoms with Gasteiger partial charge >= 0.3 is 5.97 Å². The average molecular weight is 209 g/mol. The van der Waals surface area contributed by atoms with Crippen molar-refractivity contribution in [3.05, 3.63) is 29.8 Å². The summed E-state index contributed by atoms with van der Waals surface area (Å²) in [5.41, 5.74) is 6.07. The van der Waals surface area contributed by atoms with Crippen LogP contribution in [0, 0.1) is 0 Å². The normalized spacial score (nSPS) is 12.1. The lowest BCUT2D eigenvalue weighted by molar-refractivity contribution is -0.138. The number of aliphatic carboxylic acids is 1. The highest BCUT2D eigenvalue weighted by molar-refractivity contribution is 5.77. The largest absolute Gasteiger partial charge is 0.494 e. The Morgan fingerprint density at radius 3 is 2.73 bits per heavy atom. The number of ether oxygens (including phenoxy) is 1. The van der Waals surface area contributed by atoms with E-state index in [0.717, 1.165) is 0 Å². The number of carboxylic acids is 1. The first-order valence-corrected chi connectivity index (χ1v) is 4.85. The van der Waals surface area contributed by atoms with Crippen molar-refractivity contribution >= 4 is 5.97 Å². The third-order valence-electron chi connectivity index (χ3n) is 2.13. The molecule has 0 bridgehead atoms. The van der Waals surface area contributed by atoms with Gasteiger partial charge in [-0.3, -0.25) is 4.79 Å². The van der Waals surface area contributed by atoms with Crippen LogP contribution in [0.15, 0.2) is 24.3 Å². The Balaban J connectivity index is 3.04. The zero-order valence-electron chi connectivity index (χ0n) is 8.64. The van der Waals surface area contributed by atoms with Gasteiger partial charge < -0.3 is 15.6 Å². The lowest BCUT2D eigenvalue weighted by Crippen LogP contribution is -2.21. The van der Waals surface area contributed by atoms with Crippen LogP contribution in [-0.2, 0) is 4.79 Å². The predicted octanol–water partition coefficient (Wildman–Crippen LogP) is 1.21. The molecule has 15 heavy (non-hydrogen) atoms. The van der Waals surface area contributed by atoms with Gasteiger partial charge in [0.1, 0.15) is 5.75 Å². The molecule has 1 atom stereocenters. The highest BCUT2D eigenvalue weighted by Gasteiger charge is 2.21. The van der Waals surface area contributed by atoms with Crippen molar-refractivity contribution in [1.29, 1.82) is 0 Å². The summed E-state index contributed by atoms with van der Waals surface area (Å²) in [6.45, 7) is 2.43. The van der Waals surface area contributed by atoms with Crippen molar-refractivity contribution < 1.29 is 14.6 Å². The van der Waals surface area contributed by atoms with E-state index in [9.17, 15) is 4.79 Å². The molecule has 0 amide bonds. The zero-order valence-corrected chi connectivity index (χ0v) is 8.64. The number of carboxylic acid groups (broad SMARTS) is 1. The fourth-order valence-corrected chi connectivity index (χ4v) is 1.42. The molecule has 1 rings (SSSR count). The van der Waals surface area contributed by atoms with E-state index >= 15 is 0 Å². The van der Waals surface area contributed by atoms with Crippen LogP contribution in [0.25, 0.3) is 0 Å². The van der Waals surface area contributed by atoms with Gasteiger partial charge in [-0.25, -0.2) is 0 Å². The van der Waals surface area contributed by atoms with Crippen LogP contribution in [0.3, 0.4) is 0 Å². The van der Waals surface area contributed by atoms with E-state index in [2.05, 4.69) is 0 Å². The lowest BCUT2D eigenvalue weighted by atomic mass is 9.98. The summed E-state index contributed by atoms with van der Waals surface area (Å²) in [7, 11) is 0. The van der Waals surface area contributed by atoms with Crippen LogP contribution in [0.5, 0.6) is 5.75 Å². The van der Waals surface area contributed by atoms with Crippen LogP contribution in [0.1, 0.15) is 18.4 Å². The van der Waals surface area contributed by atoms with E-state index in [0.29, 0.717) is 17.9 Å². The van der Waals surface area contributed by atoms with Gasteiger partial charge in [0.15, 0.2) is 0 Å². The van der Waals surface area contributed by atoms with Crippen molar-refractivity contribution in [2.75, 3.05) is 13.2 Å². The third kappa shape index (κ3) is 2.70. The van der Waals surface area contributed by atoms with E-state index in [-0.39, 0.29) is 6.54 Å². The number of para-hydroxylation sites is 1. The summed E-state index contributed by atoms with van der Waals surface area (Å²) in [5.74, 6) is -1.03. The van der Waals surface area contributed by atoms with Crippen LogP contribution < -0.4 is 10.5 Å². The minimum absolute atomic E-state index is 0.0689. The SMILES string of the molecule is CCOc1ccccc1C(CN)C(=O)O. The number of hydrogen-bond acceptors (Lipinski definition) is 3. The molecule has 1 unspecified atom stereocenters. The lowest BCUT2D eigenvalue weighted by Gasteiger charge is -2.14. The Morgan fingerprint density at radius 2 is 2.20 bits per heavy atom. The number of benzene rings is 1. The maximum Gasteiger partial charge on any atom is 0.312 e. The van der Waals surface area contributed by atoms with E-state index in [1.807, 2.05) is 13.0 Å². The fourth-order valence-electron chi connectivity index (χ4n) is 1.42. The molecule has 82 valence electrons. The Bertz CT molecular complexity index is 338. The Morgan fingerprint density at radius 1 is 1.53 bits per heavy atom. The van der Waals surface area contributed by atoms with Gasteiger partial charge in [-0.15, -0.1) is 0 Å². The number of carbonyl (C=O) groups is 1. The number of nitrogens with two attached hydrogens (primary N) is 1. The van der Waals surface area contributed by atoms with Gasteiger partial charge in [-0.1, -0.05) is 18.2 Å². The second kappa shape index (κ2) is 5.36. The third-order valence-corrected chi connectivity index (χ3v) is 2.13. The smallest absolute Gasteiger partial charge is 0.312 e. The van der Waals surface area contributed by atoms with E-state index < -0.39 is 11.9 Å². The molecule has 1 aromatic carbocycles. The average Bonchev–Trinajstić information content (AvgIpc) is 2.21. The molecule has 0 heterocycles. The summed E-state index contributed by atoms with van der Waals surface area (Å²) in [6.07, 6.45) is 0. The number of rotatable bonds is 5. The van der Waals surface area contributed by atoms with Crippen LogP contribution in [0.4, 0.5) is 0 Å². The minimum atomic E-state index is -0.926. The second-order valence-electron chi connectivity index (χ2n) is 3.10. The highest BCUT2D eigenvalue weighted by Crippen LogP contribution is 2.26. The monoisotopic (exact) mass is 209 g/mol. The molecule has 0 radical (unpaired) electrons. The van der Waals surface area contributed by atoms with Gasteiger partial charge in [0.25, 0.3) is 0 Å². The van der Waals surface area contributed by atoms with Gasteiger partial charge in [0, 0.05) is 12.1 Å². The van der Waals surface area contributed by atoms with E-state index in [1.165, 1.54) is 0 Å². The molecule has 4 heteroatoms. The summed E-state index contributed by atoms with van der Waals surface area (Å²) in [4.78, 5) is 11.0. The molecule has 0 saturated carbocycles. The number of hydrogen-bond donors (Lipinski definition) is 2. The van der Waals surface area contributed by atoms with Gasteiger partial charge in [-0.2, -0.15) is 0 Å². The standard InChI is InChI=1S/C11H15NO3/c1-2-15-10-6-4-3-5-8(10)9(7-12)11(13)14/h3-6,9H,2,7,12H2,1H3,(H,13,14). The topological polar surface area (TPSA) is 72.5 Å². The van der Waals surface area contributed by atoms with Crippen LogP contribution in [0.2, 0.25) is 0 Å². The molecule has 4 nitrogen and oxygen atoms in total. The molecule has 0 saturated heterocycles. The molecular weight excluding hydrogens is 194 g/mol. The maximum absolute atomic E-state index is 11.0. The van der Waals surface area contributed by atoms with Crippen molar-refractivity contribution in [2.24, 2.45) is 5.73 Å². The molecule has 3 N–H and O–H groups in total. The molecule has 0 fully saturated rings. The second-order valence-corrected chi connectivity index (χ2v) is 3.10. The van der Waals surface area contributed by atoms with Crippen molar-refractivity contribution in [1.82, 2.24) is 0 Å². The Labute approximate surface area is 88.7 Å². The molecule has 1 aromatic rings. The molecule has 0 aliphatic rings.